The SMILES string of the molecule is CNCCCCNCC(=O)C(C)C. The minimum atomic E-state index is 0.157. The Labute approximate surface area is 81.3 Å². The smallest absolute Gasteiger partial charge is 0.149 e. The third-order valence-corrected chi connectivity index (χ3v) is 1.97. The summed E-state index contributed by atoms with van der Waals surface area (Å²) in [6.07, 6.45) is 2.30. The maximum atomic E-state index is 11.2. The van der Waals surface area contributed by atoms with Gasteiger partial charge in [0.25, 0.3) is 0 Å². The van der Waals surface area contributed by atoms with Crippen LogP contribution in [0.25, 0.3) is 0 Å². The molecule has 3 nitrogen and oxygen atoms in total. The number of unbranched alkanes of at least 4 members (excludes halogenated alkanes) is 1. The number of Topliss-reactive ketones (excluding diaryl/α,β-unsaturated/α-hetero) is 1. The second kappa shape index (κ2) is 8.20. The number of rotatable bonds is 8. The van der Waals surface area contributed by atoms with E-state index >= 15 is 0 Å². The molecule has 0 fully saturated rings. The van der Waals surface area contributed by atoms with Crippen molar-refractivity contribution in [2.45, 2.75) is 26.7 Å². The van der Waals surface area contributed by atoms with Crippen LogP contribution >= 0.6 is 0 Å². The van der Waals surface area contributed by atoms with Gasteiger partial charge in [-0.05, 0) is 33.0 Å². The van der Waals surface area contributed by atoms with E-state index in [9.17, 15) is 4.79 Å². The zero-order valence-corrected chi connectivity index (χ0v) is 9.02. The lowest BCUT2D eigenvalue weighted by Gasteiger charge is -2.05. The first-order valence-electron chi connectivity index (χ1n) is 5.06. The van der Waals surface area contributed by atoms with Gasteiger partial charge in [0, 0.05) is 5.92 Å². The van der Waals surface area contributed by atoms with Crippen molar-refractivity contribution < 1.29 is 4.79 Å². The first kappa shape index (κ1) is 12.6. The van der Waals surface area contributed by atoms with Crippen LogP contribution in [0.3, 0.4) is 0 Å². The van der Waals surface area contributed by atoms with Crippen LogP contribution in [-0.4, -0.2) is 32.5 Å². The summed E-state index contributed by atoms with van der Waals surface area (Å²) in [4.78, 5) is 11.2. The van der Waals surface area contributed by atoms with Crippen molar-refractivity contribution in [1.29, 1.82) is 0 Å². The normalized spacial score (nSPS) is 10.8. The van der Waals surface area contributed by atoms with Gasteiger partial charge >= 0.3 is 0 Å². The summed E-state index contributed by atoms with van der Waals surface area (Å²) in [6.45, 7) is 6.40. The van der Waals surface area contributed by atoms with Crippen LogP contribution in [0.2, 0.25) is 0 Å². The van der Waals surface area contributed by atoms with Gasteiger partial charge in [0.05, 0.1) is 6.54 Å². The van der Waals surface area contributed by atoms with E-state index in [1.807, 2.05) is 20.9 Å². The number of carbonyl (C=O) groups is 1. The quantitative estimate of drug-likeness (QED) is 0.551. The molecule has 0 heterocycles. The Morgan fingerprint density at radius 3 is 2.38 bits per heavy atom. The molecule has 0 unspecified atom stereocenters. The van der Waals surface area contributed by atoms with Crippen LogP contribution in [0.1, 0.15) is 26.7 Å². The molecule has 0 rings (SSSR count). The van der Waals surface area contributed by atoms with Gasteiger partial charge in [-0.2, -0.15) is 0 Å². The molecule has 0 atom stereocenters. The number of hydrogen-bond acceptors (Lipinski definition) is 3. The molecule has 0 aromatic heterocycles. The highest BCUT2D eigenvalue weighted by Gasteiger charge is 2.04. The summed E-state index contributed by atoms with van der Waals surface area (Å²) in [5, 5.41) is 6.24. The lowest BCUT2D eigenvalue weighted by Crippen LogP contribution is -2.27. The Morgan fingerprint density at radius 1 is 1.23 bits per heavy atom. The van der Waals surface area contributed by atoms with E-state index in [-0.39, 0.29) is 5.92 Å². The minimum Gasteiger partial charge on any atom is -0.320 e. The summed E-state index contributed by atoms with van der Waals surface area (Å²) in [5.41, 5.74) is 0. The molecule has 3 heteroatoms. The molecule has 0 saturated carbocycles. The maximum Gasteiger partial charge on any atom is 0.149 e. The van der Waals surface area contributed by atoms with Gasteiger partial charge in [0.2, 0.25) is 0 Å². The van der Waals surface area contributed by atoms with Crippen LogP contribution in [-0.2, 0) is 4.79 Å². The van der Waals surface area contributed by atoms with Gasteiger partial charge in [0.15, 0.2) is 0 Å². The minimum absolute atomic E-state index is 0.157. The molecule has 0 saturated heterocycles. The number of hydrogen-bond donors (Lipinski definition) is 2. The maximum absolute atomic E-state index is 11.2. The highest BCUT2D eigenvalue weighted by molar-refractivity contribution is 5.82. The van der Waals surface area contributed by atoms with Crippen molar-refractivity contribution in [2.24, 2.45) is 5.92 Å². The summed E-state index contributed by atoms with van der Waals surface area (Å²) < 4.78 is 0. The van der Waals surface area contributed by atoms with Gasteiger partial charge in [-0.25, -0.2) is 0 Å². The second-order valence-corrected chi connectivity index (χ2v) is 3.61. The van der Waals surface area contributed by atoms with E-state index in [2.05, 4.69) is 10.6 Å². The fourth-order valence-corrected chi connectivity index (χ4v) is 0.967. The molecule has 0 amide bonds. The number of nitrogens with one attached hydrogen (secondary N) is 2. The van der Waals surface area contributed by atoms with E-state index in [0.29, 0.717) is 12.3 Å². The predicted octanol–water partition coefficient (Wildman–Crippen LogP) is 0.801. The van der Waals surface area contributed by atoms with Crippen molar-refractivity contribution in [3.8, 4) is 0 Å². The largest absolute Gasteiger partial charge is 0.320 e. The van der Waals surface area contributed by atoms with E-state index < -0.39 is 0 Å². The molecular weight excluding hydrogens is 164 g/mol. The van der Waals surface area contributed by atoms with E-state index in [0.717, 1.165) is 19.5 Å². The van der Waals surface area contributed by atoms with Crippen LogP contribution in [0.5, 0.6) is 0 Å². The lowest BCUT2D eigenvalue weighted by atomic mass is 10.1. The highest BCUT2D eigenvalue weighted by Crippen LogP contribution is 1.92. The number of carbonyl (C=O) groups excluding carboxylic acids is 1. The molecule has 78 valence electrons. The zero-order valence-electron chi connectivity index (χ0n) is 9.02. The highest BCUT2D eigenvalue weighted by atomic mass is 16.1. The molecule has 13 heavy (non-hydrogen) atoms. The van der Waals surface area contributed by atoms with Crippen LogP contribution in [0.4, 0.5) is 0 Å². The van der Waals surface area contributed by atoms with Gasteiger partial charge in [-0.3, -0.25) is 4.79 Å². The standard InChI is InChI=1S/C10H22N2O/c1-9(2)10(13)8-12-7-5-4-6-11-3/h9,11-12H,4-8H2,1-3H3. The molecular formula is C10H22N2O. The topological polar surface area (TPSA) is 41.1 Å². The van der Waals surface area contributed by atoms with Crippen molar-refractivity contribution in [2.75, 3.05) is 26.7 Å². The average Bonchev–Trinajstić information content (AvgIpc) is 2.10. The van der Waals surface area contributed by atoms with E-state index in [1.54, 1.807) is 0 Å². The van der Waals surface area contributed by atoms with Crippen LogP contribution < -0.4 is 10.6 Å². The van der Waals surface area contributed by atoms with Crippen molar-refractivity contribution in [3.05, 3.63) is 0 Å². The second-order valence-electron chi connectivity index (χ2n) is 3.61. The Morgan fingerprint density at radius 2 is 1.85 bits per heavy atom. The average molecular weight is 186 g/mol. The van der Waals surface area contributed by atoms with Gasteiger partial charge in [-0.1, -0.05) is 13.8 Å². The third-order valence-electron chi connectivity index (χ3n) is 1.97. The molecule has 0 bridgehead atoms. The molecule has 0 spiro atoms. The van der Waals surface area contributed by atoms with Crippen molar-refractivity contribution in [3.63, 3.8) is 0 Å². The summed E-state index contributed by atoms with van der Waals surface area (Å²) in [5.74, 6) is 0.457. The summed E-state index contributed by atoms with van der Waals surface area (Å²) in [7, 11) is 1.95. The molecule has 0 aliphatic rings. The fraction of sp³-hybridized carbons (Fsp3) is 0.900. The lowest BCUT2D eigenvalue weighted by molar-refractivity contribution is -0.121. The first-order chi connectivity index (χ1) is 6.18. The number of ketones is 1. The Balaban J connectivity index is 3.12. The Bertz CT molecular complexity index is 135. The van der Waals surface area contributed by atoms with Crippen molar-refractivity contribution in [1.82, 2.24) is 10.6 Å². The van der Waals surface area contributed by atoms with Crippen LogP contribution in [0.15, 0.2) is 0 Å². The Hall–Kier alpha value is -0.410. The van der Waals surface area contributed by atoms with Gasteiger partial charge < -0.3 is 10.6 Å². The van der Waals surface area contributed by atoms with Gasteiger partial charge in [-0.15, -0.1) is 0 Å². The zero-order chi connectivity index (χ0) is 10.1. The molecule has 0 radical (unpaired) electrons. The third kappa shape index (κ3) is 7.94. The molecule has 0 aliphatic carbocycles. The molecule has 0 aromatic carbocycles. The summed E-state index contributed by atoms with van der Waals surface area (Å²) >= 11 is 0. The van der Waals surface area contributed by atoms with Crippen molar-refractivity contribution >= 4 is 5.78 Å². The predicted molar refractivity (Wildman–Crippen MR) is 55.9 cm³/mol. The Kier molecular flexibility index (Phi) is 7.94. The van der Waals surface area contributed by atoms with E-state index in [4.69, 9.17) is 0 Å². The molecule has 0 aromatic rings. The first-order valence-corrected chi connectivity index (χ1v) is 5.06. The fourth-order valence-electron chi connectivity index (χ4n) is 0.967. The van der Waals surface area contributed by atoms with E-state index in [1.165, 1.54) is 6.42 Å². The molecule has 2 N–H and O–H groups in total. The summed E-state index contributed by atoms with van der Waals surface area (Å²) in [6, 6.07) is 0. The van der Waals surface area contributed by atoms with Crippen LogP contribution in [0, 0.1) is 5.92 Å². The monoisotopic (exact) mass is 186 g/mol. The molecule has 0 aliphatic heterocycles. The van der Waals surface area contributed by atoms with Gasteiger partial charge in [0.1, 0.15) is 5.78 Å².